The molecular formula is C9H10N4O. The van der Waals surface area contributed by atoms with Gasteiger partial charge in [-0.05, 0) is 19.1 Å². The van der Waals surface area contributed by atoms with Crippen molar-refractivity contribution in [3.8, 4) is 0 Å². The molecule has 0 radical (unpaired) electrons. The molecule has 2 aromatic rings. The summed E-state index contributed by atoms with van der Waals surface area (Å²) in [6, 6.07) is 3.66. The maximum absolute atomic E-state index is 10.9. The lowest BCUT2D eigenvalue weighted by Gasteiger charge is -2.00. The molecule has 72 valence electrons. The highest BCUT2D eigenvalue weighted by molar-refractivity contribution is 5.81. The van der Waals surface area contributed by atoms with Crippen LogP contribution in [0, 0.1) is 0 Å². The van der Waals surface area contributed by atoms with Gasteiger partial charge in [-0.15, -0.1) is 0 Å². The van der Waals surface area contributed by atoms with Crippen molar-refractivity contribution in [2.45, 2.75) is 12.8 Å². The van der Waals surface area contributed by atoms with Gasteiger partial charge in [-0.25, -0.2) is 9.97 Å². The van der Waals surface area contributed by atoms with Crippen molar-refractivity contribution in [3.63, 3.8) is 0 Å². The van der Waals surface area contributed by atoms with Crippen molar-refractivity contribution in [3.05, 3.63) is 24.2 Å². The molecule has 0 aromatic carbocycles. The summed E-state index contributed by atoms with van der Waals surface area (Å²) in [5.74, 6) is -0.251. The van der Waals surface area contributed by atoms with Gasteiger partial charge in [0.25, 0.3) is 0 Å². The van der Waals surface area contributed by atoms with Crippen LogP contribution in [0.1, 0.15) is 18.7 Å². The van der Waals surface area contributed by atoms with Crippen LogP contribution in [0.4, 0.5) is 0 Å². The van der Waals surface area contributed by atoms with Gasteiger partial charge in [-0.1, -0.05) is 0 Å². The Balaban J connectivity index is 2.50. The van der Waals surface area contributed by atoms with Crippen LogP contribution in [-0.2, 0) is 4.79 Å². The minimum absolute atomic E-state index is 0.399. The average molecular weight is 190 g/mol. The molecule has 1 unspecified atom stereocenters. The smallest absolute Gasteiger partial charge is 0.227 e. The van der Waals surface area contributed by atoms with Gasteiger partial charge in [-0.3, -0.25) is 4.79 Å². The van der Waals surface area contributed by atoms with E-state index in [1.165, 1.54) is 0 Å². The zero-order valence-corrected chi connectivity index (χ0v) is 7.69. The van der Waals surface area contributed by atoms with Gasteiger partial charge in [0.1, 0.15) is 5.82 Å². The zero-order chi connectivity index (χ0) is 10.1. The first-order valence-corrected chi connectivity index (χ1v) is 4.28. The Hall–Kier alpha value is -1.91. The van der Waals surface area contributed by atoms with Gasteiger partial charge in [-0.2, -0.15) is 0 Å². The average Bonchev–Trinajstić information content (AvgIpc) is 2.59. The van der Waals surface area contributed by atoms with Gasteiger partial charge >= 0.3 is 0 Å². The Morgan fingerprint density at radius 3 is 3.07 bits per heavy atom. The Morgan fingerprint density at radius 1 is 1.64 bits per heavy atom. The molecule has 0 fully saturated rings. The largest absolute Gasteiger partial charge is 0.369 e. The number of fused-ring (bicyclic) bond motifs is 1. The molecule has 0 bridgehead atoms. The number of carbonyl (C=O) groups is 1. The number of nitrogens with one attached hydrogen (secondary N) is 1. The van der Waals surface area contributed by atoms with E-state index < -0.39 is 11.8 Å². The molecule has 1 atom stereocenters. The monoisotopic (exact) mass is 190 g/mol. The minimum Gasteiger partial charge on any atom is -0.369 e. The Morgan fingerprint density at radius 2 is 2.43 bits per heavy atom. The number of carbonyl (C=O) groups excluding carboxylic acids is 1. The topological polar surface area (TPSA) is 84.7 Å². The number of imidazole rings is 1. The fourth-order valence-corrected chi connectivity index (χ4v) is 1.20. The molecule has 3 N–H and O–H groups in total. The second-order valence-corrected chi connectivity index (χ2v) is 3.12. The first-order chi connectivity index (χ1) is 6.68. The number of rotatable bonds is 2. The predicted molar refractivity (Wildman–Crippen MR) is 51.5 cm³/mol. The third-order valence-electron chi connectivity index (χ3n) is 2.11. The normalized spacial score (nSPS) is 12.9. The molecule has 0 aliphatic rings. The minimum atomic E-state index is -0.413. The van der Waals surface area contributed by atoms with Crippen LogP contribution in [0.5, 0.6) is 0 Å². The van der Waals surface area contributed by atoms with Gasteiger partial charge in [0.05, 0.1) is 11.4 Å². The lowest BCUT2D eigenvalue weighted by molar-refractivity contribution is -0.119. The van der Waals surface area contributed by atoms with Gasteiger partial charge in [0.15, 0.2) is 5.65 Å². The highest BCUT2D eigenvalue weighted by atomic mass is 16.1. The maximum atomic E-state index is 10.9. The summed E-state index contributed by atoms with van der Waals surface area (Å²) in [6.45, 7) is 1.71. The number of pyridine rings is 1. The second kappa shape index (κ2) is 3.10. The number of H-pyrrole nitrogens is 1. The number of aromatic nitrogens is 3. The molecule has 5 heteroatoms. The molecule has 0 spiro atoms. The van der Waals surface area contributed by atoms with Crippen LogP contribution in [-0.4, -0.2) is 20.9 Å². The fraction of sp³-hybridized carbons (Fsp3) is 0.222. The van der Waals surface area contributed by atoms with E-state index in [2.05, 4.69) is 15.0 Å². The number of aromatic amines is 1. The standard InChI is InChI=1S/C9H10N4O/c1-5(7(10)14)8-12-6-3-2-4-11-9(6)13-8/h2-5H,1H3,(H2,10,14)(H,11,12,13). The Bertz CT molecular complexity index is 443. The molecular weight excluding hydrogens is 180 g/mol. The van der Waals surface area contributed by atoms with E-state index in [-0.39, 0.29) is 0 Å². The molecule has 0 aliphatic carbocycles. The maximum Gasteiger partial charge on any atom is 0.227 e. The molecule has 2 heterocycles. The molecule has 1 amide bonds. The summed E-state index contributed by atoms with van der Waals surface area (Å²) in [5.41, 5.74) is 6.59. The second-order valence-electron chi connectivity index (χ2n) is 3.12. The van der Waals surface area contributed by atoms with Crippen LogP contribution in [0.15, 0.2) is 18.3 Å². The number of nitrogens with zero attached hydrogens (tertiary/aromatic N) is 2. The lowest BCUT2D eigenvalue weighted by Crippen LogP contribution is -2.19. The van der Waals surface area contributed by atoms with Crippen molar-refractivity contribution < 1.29 is 4.79 Å². The van der Waals surface area contributed by atoms with Gasteiger partial charge in [0.2, 0.25) is 5.91 Å². The van der Waals surface area contributed by atoms with Gasteiger partial charge in [0, 0.05) is 6.20 Å². The van der Waals surface area contributed by atoms with E-state index in [0.29, 0.717) is 11.5 Å². The Kier molecular flexibility index (Phi) is 1.92. The molecule has 0 saturated heterocycles. The van der Waals surface area contributed by atoms with E-state index in [0.717, 1.165) is 5.52 Å². The molecule has 2 aromatic heterocycles. The molecule has 0 saturated carbocycles. The molecule has 5 nitrogen and oxygen atoms in total. The van der Waals surface area contributed by atoms with E-state index in [1.807, 2.05) is 6.07 Å². The lowest BCUT2D eigenvalue weighted by atomic mass is 10.1. The number of primary amides is 1. The van der Waals surface area contributed by atoms with Crippen molar-refractivity contribution in [2.75, 3.05) is 0 Å². The Labute approximate surface area is 80.4 Å². The van der Waals surface area contributed by atoms with E-state index >= 15 is 0 Å². The summed E-state index contributed by atoms with van der Waals surface area (Å²) in [7, 11) is 0. The van der Waals surface area contributed by atoms with E-state index in [9.17, 15) is 4.79 Å². The fourth-order valence-electron chi connectivity index (χ4n) is 1.20. The highest BCUT2D eigenvalue weighted by Gasteiger charge is 2.15. The molecule has 14 heavy (non-hydrogen) atoms. The summed E-state index contributed by atoms with van der Waals surface area (Å²) >= 11 is 0. The van der Waals surface area contributed by atoms with Crippen LogP contribution < -0.4 is 5.73 Å². The van der Waals surface area contributed by atoms with Gasteiger partial charge < -0.3 is 10.7 Å². The van der Waals surface area contributed by atoms with Crippen molar-refractivity contribution >= 4 is 17.1 Å². The highest BCUT2D eigenvalue weighted by Crippen LogP contribution is 2.14. The van der Waals surface area contributed by atoms with Crippen molar-refractivity contribution in [1.29, 1.82) is 0 Å². The van der Waals surface area contributed by atoms with Crippen LogP contribution in [0.2, 0.25) is 0 Å². The zero-order valence-electron chi connectivity index (χ0n) is 7.69. The molecule has 2 rings (SSSR count). The van der Waals surface area contributed by atoms with Crippen LogP contribution in [0.25, 0.3) is 11.2 Å². The summed E-state index contributed by atoms with van der Waals surface area (Å²) < 4.78 is 0. The predicted octanol–water partition coefficient (Wildman–Crippen LogP) is 0.547. The SMILES string of the molecule is CC(C(N)=O)c1nc2ncccc2[nH]1. The first kappa shape index (κ1) is 8.68. The number of amides is 1. The number of nitrogens with two attached hydrogens (primary N) is 1. The van der Waals surface area contributed by atoms with Crippen LogP contribution >= 0.6 is 0 Å². The number of hydrogen-bond acceptors (Lipinski definition) is 3. The van der Waals surface area contributed by atoms with Crippen molar-refractivity contribution in [1.82, 2.24) is 15.0 Å². The van der Waals surface area contributed by atoms with Crippen LogP contribution in [0.3, 0.4) is 0 Å². The third-order valence-corrected chi connectivity index (χ3v) is 2.11. The third kappa shape index (κ3) is 1.32. The summed E-state index contributed by atoms with van der Waals surface area (Å²) in [5, 5.41) is 0. The summed E-state index contributed by atoms with van der Waals surface area (Å²) in [6.07, 6.45) is 1.65. The summed E-state index contributed by atoms with van der Waals surface area (Å²) in [4.78, 5) is 22.1. The van der Waals surface area contributed by atoms with E-state index in [4.69, 9.17) is 5.73 Å². The van der Waals surface area contributed by atoms with E-state index in [1.54, 1.807) is 19.2 Å². The quantitative estimate of drug-likeness (QED) is 0.725. The first-order valence-electron chi connectivity index (χ1n) is 4.28. The molecule has 0 aliphatic heterocycles. The van der Waals surface area contributed by atoms with Crippen molar-refractivity contribution in [2.24, 2.45) is 5.73 Å². The number of hydrogen-bond donors (Lipinski definition) is 2.